The Bertz CT molecular complexity index is 1080. The van der Waals surface area contributed by atoms with E-state index in [1.54, 1.807) is 18.2 Å². The van der Waals surface area contributed by atoms with E-state index in [-0.39, 0.29) is 29.5 Å². The maximum absolute atomic E-state index is 12.6. The molecule has 3 rings (SSSR count). The van der Waals surface area contributed by atoms with Crippen LogP contribution in [0.3, 0.4) is 0 Å². The number of amides is 1. The van der Waals surface area contributed by atoms with Crippen molar-refractivity contribution in [1.82, 2.24) is 10.6 Å². The molecule has 0 fully saturated rings. The Morgan fingerprint density at radius 3 is 2.20 bits per heavy atom. The van der Waals surface area contributed by atoms with Gasteiger partial charge < -0.3 is 26.0 Å². The number of β-amino-alcohol motifs (C(OH)–C–C–N with tert-alkyl or cyclic N) is 1. The molecule has 1 atom stereocenters. The fraction of sp³-hybridized carbons (Fsp3) is 0.296. The number of phenols is 2. The highest BCUT2D eigenvalue weighted by atomic mass is 35.5. The van der Waals surface area contributed by atoms with Gasteiger partial charge >= 0.3 is 0 Å². The maximum Gasteiger partial charge on any atom is 0.251 e. The van der Waals surface area contributed by atoms with Crippen LogP contribution >= 0.6 is 23.2 Å². The van der Waals surface area contributed by atoms with E-state index in [0.29, 0.717) is 29.1 Å². The summed E-state index contributed by atoms with van der Waals surface area (Å²) in [6.45, 7) is 4.66. The van der Waals surface area contributed by atoms with E-state index >= 15 is 0 Å². The highest BCUT2D eigenvalue weighted by molar-refractivity contribution is 6.30. The summed E-state index contributed by atoms with van der Waals surface area (Å²) < 4.78 is 0. The number of benzene rings is 3. The van der Waals surface area contributed by atoms with Crippen molar-refractivity contribution >= 4 is 29.1 Å². The number of carbonyl (C=O) groups excluding carboxylic acids is 1. The largest absolute Gasteiger partial charge is 0.508 e. The van der Waals surface area contributed by atoms with Gasteiger partial charge in [-0.2, -0.15) is 0 Å². The third-order valence-corrected chi connectivity index (χ3v) is 5.54. The zero-order chi connectivity index (χ0) is 26.0. The topological polar surface area (TPSA) is 102 Å². The summed E-state index contributed by atoms with van der Waals surface area (Å²) in [6.07, 6.45) is 1.20. The first-order chi connectivity index (χ1) is 16.6. The van der Waals surface area contributed by atoms with Gasteiger partial charge in [-0.15, -0.1) is 11.6 Å². The van der Waals surface area contributed by atoms with Crippen LogP contribution in [0.1, 0.15) is 47.0 Å². The van der Waals surface area contributed by atoms with Crippen molar-refractivity contribution in [3.8, 4) is 11.5 Å². The van der Waals surface area contributed by atoms with E-state index in [2.05, 4.69) is 22.2 Å². The monoisotopic (exact) mass is 518 g/mol. The number of aliphatic hydroxyl groups is 1. The minimum atomic E-state index is -0.896. The zero-order valence-electron chi connectivity index (χ0n) is 20.1. The Labute approximate surface area is 216 Å². The molecule has 35 heavy (non-hydrogen) atoms. The SMILES string of the molecule is CC(C)(Cc1cccc(C(=O)NCc2ccc(Cl)cc2)c1)NCC(O)c1cc(O)cc(O)c1.CCl. The summed E-state index contributed by atoms with van der Waals surface area (Å²) >= 11 is 10.5. The molecule has 0 aliphatic rings. The van der Waals surface area contributed by atoms with Crippen LogP contribution < -0.4 is 10.6 Å². The molecule has 0 saturated heterocycles. The van der Waals surface area contributed by atoms with Crippen LogP contribution in [0, 0.1) is 0 Å². The van der Waals surface area contributed by atoms with Gasteiger partial charge in [0.2, 0.25) is 0 Å². The van der Waals surface area contributed by atoms with E-state index in [1.807, 2.05) is 44.2 Å². The molecular formula is C27H32Cl2N2O4. The van der Waals surface area contributed by atoms with Gasteiger partial charge in [0.15, 0.2) is 0 Å². The second-order valence-corrected chi connectivity index (χ2v) is 9.19. The van der Waals surface area contributed by atoms with Crippen LogP contribution in [0.5, 0.6) is 11.5 Å². The van der Waals surface area contributed by atoms with Crippen molar-refractivity contribution in [2.45, 2.75) is 38.5 Å². The molecule has 0 spiro atoms. The molecule has 188 valence electrons. The molecule has 0 saturated carbocycles. The molecule has 8 heteroatoms. The number of halogens is 2. The van der Waals surface area contributed by atoms with Gasteiger partial charge in [0, 0.05) is 41.7 Å². The molecule has 0 aromatic heterocycles. The molecule has 0 aliphatic heterocycles. The number of hydrogen-bond donors (Lipinski definition) is 5. The lowest BCUT2D eigenvalue weighted by molar-refractivity contribution is 0.0950. The summed E-state index contributed by atoms with van der Waals surface area (Å²) in [5, 5.41) is 36.6. The lowest BCUT2D eigenvalue weighted by Crippen LogP contribution is -2.43. The molecule has 0 aliphatic carbocycles. The maximum atomic E-state index is 12.6. The molecule has 6 nitrogen and oxygen atoms in total. The predicted octanol–water partition coefficient (Wildman–Crippen LogP) is 5.18. The minimum Gasteiger partial charge on any atom is -0.508 e. The Morgan fingerprint density at radius 1 is 0.943 bits per heavy atom. The van der Waals surface area contributed by atoms with Gasteiger partial charge in [0.05, 0.1) is 6.10 Å². The van der Waals surface area contributed by atoms with Gasteiger partial charge in [-0.1, -0.05) is 35.9 Å². The standard InChI is InChI=1S/C26H29ClN2O4.CH3Cl/c1-26(2,29-16-24(32)20-11-22(30)13-23(31)12-20)14-18-4-3-5-19(10-18)25(33)28-15-17-6-8-21(27)9-7-17;1-2/h3-13,24,29-32H,14-16H2,1-2H3,(H,28,33);1H3. The quantitative estimate of drug-likeness (QED) is 0.251. The van der Waals surface area contributed by atoms with Crippen LogP contribution in [0.2, 0.25) is 5.02 Å². The van der Waals surface area contributed by atoms with Crippen LogP contribution in [0.4, 0.5) is 0 Å². The number of carbonyl (C=O) groups is 1. The van der Waals surface area contributed by atoms with Gasteiger partial charge in [-0.05, 0) is 73.4 Å². The van der Waals surface area contributed by atoms with E-state index in [1.165, 1.54) is 24.6 Å². The lowest BCUT2D eigenvalue weighted by Gasteiger charge is -2.28. The molecule has 0 radical (unpaired) electrons. The second kappa shape index (κ2) is 13.4. The molecule has 3 aromatic carbocycles. The molecule has 1 amide bonds. The molecule has 0 heterocycles. The summed E-state index contributed by atoms with van der Waals surface area (Å²) in [4.78, 5) is 12.6. The highest BCUT2D eigenvalue weighted by Gasteiger charge is 2.21. The Hall–Kier alpha value is -2.77. The normalized spacial score (nSPS) is 11.8. The first-order valence-corrected chi connectivity index (χ1v) is 12.2. The van der Waals surface area contributed by atoms with E-state index in [4.69, 9.17) is 11.6 Å². The molecule has 0 bridgehead atoms. The van der Waals surface area contributed by atoms with Crippen molar-refractivity contribution in [2.75, 3.05) is 12.9 Å². The smallest absolute Gasteiger partial charge is 0.251 e. The molecular weight excluding hydrogens is 487 g/mol. The van der Waals surface area contributed by atoms with Gasteiger partial charge in [-0.3, -0.25) is 4.79 Å². The Kier molecular flexibility index (Phi) is 10.9. The summed E-state index contributed by atoms with van der Waals surface area (Å²) in [7, 11) is 0. The fourth-order valence-electron chi connectivity index (χ4n) is 3.58. The lowest BCUT2D eigenvalue weighted by atomic mass is 9.93. The number of aromatic hydroxyl groups is 2. The van der Waals surface area contributed by atoms with Gasteiger partial charge in [-0.25, -0.2) is 0 Å². The van der Waals surface area contributed by atoms with Crippen LogP contribution in [-0.4, -0.2) is 39.7 Å². The molecule has 3 aromatic rings. The summed E-state index contributed by atoms with van der Waals surface area (Å²) in [6, 6.07) is 18.8. The fourth-order valence-corrected chi connectivity index (χ4v) is 3.71. The Balaban J connectivity index is 0.00000210. The van der Waals surface area contributed by atoms with Crippen LogP contribution in [0.25, 0.3) is 0 Å². The van der Waals surface area contributed by atoms with E-state index in [0.717, 1.165) is 11.1 Å². The second-order valence-electron chi connectivity index (χ2n) is 8.75. The first-order valence-electron chi connectivity index (χ1n) is 11.1. The summed E-state index contributed by atoms with van der Waals surface area (Å²) in [5.41, 5.74) is 2.57. The average molecular weight is 519 g/mol. The van der Waals surface area contributed by atoms with Crippen molar-refractivity contribution < 1.29 is 20.1 Å². The number of aliphatic hydroxyl groups excluding tert-OH is 1. The molecule has 5 N–H and O–H groups in total. The zero-order valence-corrected chi connectivity index (χ0v) is 21.6. The number of hydrogen-bond acceptors (Lipinski definition) is 5. The number of rotatable bonds is 9. The highest BCUT2D eigenvalue weighted by Crippen LogP contribution is 2.25. The van der Waals surface area contributed by atoms with Crippen LogP contribution in [0.15, 0.2) is 66.7 Å². The summed E-state index contributed by atoms with van der Waals surface area (Å²) in [5.74, 6) is -0.361. The van der Waals surface area contributed by atoms with Gasteiger partial charge in [0.25, 0.3) is 5.91 Å². The van der Waals surface area contributed by atoms with Crippen molar-refractivity contribution in [1.29, 1.82) is 0 Å². The van der Waals surface area contributed by atoms with Crippen molar-refractivity contribution in [2.24, 2.45) is 0 Å². The minimum absolute atomic E-state index is 0.102. The van der Waals surface area contributed by atoms with Crippen molar-refractivity contribution in [3.63, 3.8) is 0 Å². The van der Waals surface area contributed by atoms with E-state index in [9.17, 15) is 20.1 Å². The van der Waals surface area contributed by atoms with E-state index < -0.39 is 6.10 Å². The van der Waals surface area contributed by atoms with Gasteiger partial charge in [0.1, 0.15) is 11.5 Å². The number of alkyl halides is 1. The third-order valence-electron chi connectivity index (χ3n) is 5.29. The van der Waals surface area contributed by atoms with Crippen LogP contribution in [-0.2, 0) is 13.0 Å². The predicted molar refractivity (Wildman–Crippen MR) is 141 cm³/mol. The number of phenolic OH excluding ortho intramolecular Hbond substituents is 2. The number of nitrogens with one attached hydrogen (secondary N) is 2. The van der Waals surface area contributed by atoms with Crippen molar-refractivity contribution in [3.05, 3.63) is 94.0 Å². The molecule has 1 unspecified atom stereocenters. The Morgan fingerprint density at radius 2 is 1.57 bits per heavy atom. The third kappa shape index (κ3) is 9.42. The first kappa shape index (κ1) is 28.5. The average Bonchev–Trinajstić information content (AvgIpc) is 2.82.